The molecule has 0 saturated heterocycles. The molecule has 3 aromatic heterocycles. The number of aromatic nitrogens is 4. The van der Waals surface area contributed by atoms with Crippen molar-refractivity contribution in [1.29, 1.82) is 0 Å². The van der Waals surface area contributed by atoms with Gasteiger partial charge in [-0.15, -0.1) is 0 Å². The second kappa shape index (κ2) is 6.16. The second-order valence-electron chi connectivity index (χ2n) is 6.36. The Bertz CT molecular complexity index is 1210. The van der Waals surface area contributed by atoms with Crippen LogP contribution in [0, 0.1) is 0 Å². The Balaban J connectivity index is 1.87. The fourth-order valence-electron chi connectivity index (χ4n) is 3.16. The van der Waals surface area contributed by atoms with Crippen molar-refractivity contribution in [3.05, 3.63) is 65.2 Å². The Morgan fingerprint density at radius 1 is 0.600 bits per heavy atom. The van der Waals surface area contributed by atoms with Gasteiger partial charge in [-0.1, -0.05) is 0 Å². The number of aromatic amines is 2. The number of fused-ring (bicyclic) bond motifs is 8. The summed E-state index contributed by atoms with van der Waals surface area (Å²) in [5.74, 6) is 0. The summed E-state index contributed by atoms with van der Waals surface area (Å²) < 4.78 is 1.41. The van der Waals surface area contributed by atoms with Crippen LogP contribution >= 0.6 is 0 Å². The van der Waals surface area contributed by atoms with Gasteiger partial charge in [0.15, 0.2) is 0 Å². The van der Waals surface area contributed by atoms with Crippen molar-refractivity contribution in [3.63, 3.8) is 0 Å². The Morgan fingerprint density at radius 2 is 1.12 bits per heavy atom. The molecule has 0 amide bonds. The molecule has 4 nitrogen and oxygen atoms in total. The van der Waals surface area contributed by atoms with E-state index in [1.807, 2.05) is 18.2 Å². The molecule has 8 bridgehead atoms. The van der Waals surface area contributed by atoms with Gasteiger partial charge in [-0.2, -0.15) is 0 Å². The van der Waals surface area contributed by atoms with Crippen LogP contribution in [0.5, 0.6) is 0 Å². The zero-order valence-electron chi connectivity index (χ0n) is 13.7. The van der Waals surface area contributed by atoms with E-state index in [1.165, 1.54) is 5.55 Å². The van der Waals surface area contributed by atoms with Crippen LogP contribution in [-0.2, 0) is 0 Å². The maximum absolute atomic E-state index is 4.70. The van der Waals surface area contributed by atoms with Gasteiger partial charge in [0.05, 0.1) is 0 Å². The molecule has 0 aromatic carbocycles. The molecule has 2 aliphatic rings. The van der Waals surface area contributed by atoms with Crippen molar-refractivity contribution in [2.45, 2.75) is 0 Å². The van der Waals surface area contributed by atoms with Crippen LogP contribution in [-0.4, -0.2) is 66.5 Å². The molecule has 2 N–H and O–H groups in total. The third-order valence-corrected chi connectivity index (χ3v) is 6.97. The Hall–Kier alpha value is -1.83. The summed E-state index contributed by atoms with van der Waals surface area (Å²) in [7, 11) is 0. The molecule has 2 aliphatic heterocycles. The van der Waals surface area contributed by atoms with E-state index in [2.05, 4.69) is 63.5 Å². The standard InChI is InChI=1S/C20H13N4.Ba.H/c1-2-14-10-16-5-6-18(23-16)12-20-8-7-19(24-20)11-17-4-3-15(22-17)9-13(1)21-14;;/h1-7,9-12,21,24H;;. The molecule has 0 aliphatic carbocycles. The SMILES string of the molecule is [BaH][c]1cc2cc3nc(cc4ccc(cc5nc(cc1[nH]2)C=C5)[nH]4)C=C3. The topological polar surface area (TPSA) is 57.4 Å². The summed E-state index contributed by atoms with van der Waals surface area (Å²) in [5.41, 5.74) is 8.21. The quantitative estimate of drug-likeness (QED) is 0.358. The molecule has 0 unspecified atom stereocenters. The summed E-state index contributed by atoms with van der Waals surface area (Å²) in [6.45, 7) is 0. The van der Waals surface area contributed by atoms with Crippen LogP contribution in [0.1, 0.15) is 22.8 Å². The van der Waals surface area contributed by atoms with Gasteiger partial charge in [-0.05, 0) is 0 Å². The fourth-order valence-corrected chi connectivity index (χ4v) is 4.99. The first-order valence-corrected chi connectivity index (χ1v) is 11.4. The van der Waals surface area contributed by atoms with Gasteiger partial charge in [-0.25, -0.2) is 0 Å². The Morgan fingerprint density at radius 3 is 1.72 bits per heavy atom. The van der Waals surface area contributed by atoms with Crippen molar-refractivity contribution >= 4 is 92.9 Å². The molecule has 5 heteroatoms. The Kier molecular flexibility index (Phi) is 3.80. The fraction of sp³-hybridized carbons (Fsp3) is 0. The molecule has 0 fully saturated rings. The summed E-state index contributed by atoms with van der Waals surface area (Å²) in [4.78, 5) is 16.3. The van der Waals surface area contributed by atoms with Gasteiger partial charge in [0.1, 0.15) is 0 Å². The van der Waals surface area contributed by atoms with Crippen LogP contribution in [0.25, 0.3) is 46.4 Å². The van der Waals surface area contributed by atoms with Crippen molar-refractivity contribution in [3.8, 4) is 0 Å². The van der Waals surface area contributed by atoms with E-state index in [9.17, 15) is 0 Å². The minimum atomic E-state index is 0.308. The Labute approximate surface area is 176 Å². The number of nitrogens with zero attached hydrogens (tertiary/aromatic N) is 2. The molecular weight excluding hydrogens is 434 g/mol. The normalized spacial score (nSPS) is 12.6. The number of hydrogen-bond acceptors (Lipinski definition) is 2. The van der Waals surface area contributed by atoms with Crippen molar-refractivity contribution in [1.82, 2.24) is 19.9 Å². The third-order valence-electron chi connectivity index (χ3n) is 4.38. The molecular formula is C20H14BaN4. The summed E-state index contributed by atoms with van der Waals surface area (Å²) in [5, 5.41) is 0. The van der Waals surface area contributed by atoms with Crippen molar-refractivity contribution in [2.75, 3.05) is 0 Å². The molecule has 3 aromatic rings. The number of rotatable bonds is 0. The van der Waals surface area contributed by atoms with Crippen LogP contribution in [0.2, 0.25) is 0 Å². The van der Waals surface area contributed by atoms with E-state index >= 15 is 0 Å². The van der Waals surface area contributed by atoms with E-state index in [-0.39, 0.29) is 0 Å². The van der Waals surface area contributed by atoms with Crippen molar-refractivity contribution < 1.29 is 0 Å². The van der Waals surface area contributed by atoms with Gasteiger partial charge in [0.2, 0.25) is 0 Å². The van der Waals surface area contributed by atoms with E-state index in [0.717, 1.165) is 39.3 Å². The molecule has 0 spiro atoms. The molecule has 0 atom stereocenters. The van der Waals surface area contributed by atoms with Crippen LogP contribution in [0.3, 0.4) is 0 Å². The molecule has 116 valence electrons. The van der Waals surface area contributed by atoms with E-state index in [0.29, 0.717) is 46.5 Å². The number of nitrogens with one attached hydrogen (secondary N) is 2. The summed E-state index contributed by atoms with van der Waals surface area (Å²) in [6, 6.07) is 14.7. The number of hydrogen-bond donors (Lipinski definition) is 2. The van der Waals surface area contributed by atoms with Crippen molar-refractivity contribution in [2.24, 2.45) is 0 Å². The van der Waals surface area contributed by atoms with E-state index < -0.39 is 0 Å². The minimum absolute atomic E-state index is 0.308. The zero-order chi connectivity index (χ0) is 16.8. The molecule has 5 rings (SSSR count). The van der Waals surface area contributed by atoms with Crippen LogP contribution in [0.15, 0.2) is 42.5 Å². The monoisotopic (exact) mass is 448 g/mol. The average Bonchev–Trinajstić information content (AvgIpc) is 3.33. The van der Waals surface area contributed by atoms with Crippen LogP contribution < -0.4 is 0.0314 Å². The average molecular weight is 448 g/mol. The summed E-state index contributed by atoms with van der Waals surface area (Å²) >= 11 is 0.308. The van der Waals surface area contributed by atoms with Gasteiger partial charge in [-0.3, -0.25) is 0 Å². The van der Waals surface area contributed by atoms with E-state index in [4.69, 9.17) is 4.98 Å². The third kappa shape index (κ3) is 3.19. The molecule has 0 saturated carbocycles. The zero-order valence-corrected chi connectivity index (χ0v) is 20.0. The van der Waals surface area contributed by atoms with Gasteiger partial charge in [0, 0.05) is 0 Å². The second-order valence-corrected chi connectivity index (χ2v) is 9.74. The molecule has 5 heterocycles. The molecule has 0 radical (unpaired) electrons. The summed E-state index contributed by atoms with van der Waals surface area (Å²) in [6.07, 6.45) is 8.20. The predicted molar refractivity (Wildman–Crippen MR) is 106 cm³/mol. The predicted octanol–water partition coefficient (Wildman–Crippen LogP) is 3.18. The molecule has 25 heavy (non-hydrogen) atoms. The maximum atomic E-state index is 4.70. The first kappa shape index (κ1) is 15.4. The van der Waals surface area contributed by atoms with E-state index in [1.54, 1.807) is 0 Å². The first-order chi connectivity index (χ1) is 12.2. The van der Waals surface area contributed by atoms with Gasteiger partial charge >= 0.3 is 178 Å². The van der Waals surface area contributed by atoms with Gasteiger partial charge < -0.3 is 0 Å². The van der Waals surface area contributed by atoms with Crippen LogP contribution in [0.4, 0.5) is 0 Å². The first-order valence-electron chi connectivity index (χ1n) is 8.26. The number of H-pyrrole nitrogens is 2. The van der Waals surface area contributed by atoms with Gasteiger partial charge in [0.25, 0.3) is 0 Å².